The third-order valence-electron chi connectivity index (χ3n) is 3.81. The normalized spacial score (nSPS) is 12.3. The maximum atomic E-state index is 12.5. The highest BCUT2D eigenvalue weighted by atomic mass is 35.5. The van der Waals surface area contributed by atoms with Crippen molar-refractivity contribution in [3.8, 4) is 0 Å². The lowest BCUT2D eigenvalue weighted by Gasteiger charge is -2.19. The van der Waals surface area contributed by atoms with Gasteiger partial charge in [0.25, 0.3) is 0 Å². The van der Waals surface area contributed by atoms with Gasteiger partial charge in [-0.3, -0.25) is 4.79 Å². The average molecular weight is 357 g/mol. The predicted molar refractivity (Wildman–Crippen MR) is 96.7 cm³/mol. The van der Waals surface area contributed by atoms with E-state index in [-0.39, 0.29) is 17.5 Å². The van der Waals surface area contributed by atoms with E-state index in [9.17, 15) is 9.59 Å². The van der Waals surface area contributed by atoms with Crippen molar-refractivity contribution in [1.82, 2.24) is 0 Å². The fraction of sp³-hybridized carbons (Fsp3) is 0.200. The van der Waals surface area contributed by atoms with E-state index in [1.165, 1.54) is 0 Å². The Morgan fingerprint density at radius 2 is 1.80 bits per heavy atom. The molecule has 3 aromatic rings. The average Bonchev–Trinajstić information content (AvgIpc) is 2.60. The molecule has 25 heavy (non-hydrogen) atoms. The first-order valence-electron chi connectivity index (χ1n) is 7.94. The van der Waals surface area contributed by atoms with Crippen molar-refractivity contribution in [3.05, 3.63) is 81.2 Å². The SMILES string of the molecule is CC(C)C(=O)OC(c1ccccc1)c1cc2cc(Cl)ccc2oc1=O. The molecule has 0 saturated heterocycles. The van der Waals surface area contributed by atoms with E-state index < -0.39 is 11.7 Å². The molecule has 0 radical (unpaired) electrons. The molecule has 1 heterocycles. The second kappa shape index (κ2) is 7.11. The van der Waals surface area contributed by atoms with Crippen LogP contribution in [0, 0.1) is 5.92 Å². The maximum Gasteiger partial charge on any atom is 0.343 e. The third-order valence-corrected chi connectivity index (χ3v) is 4.05. The Balaban J connectivity index is 2.15. The number of halogens is 1. The minimum absolute atomic E-state index is 0.259. The van der Waals surface area contributed by atoms with Gasteiger partial charge in [0.05, 0.1) is 11.5 Å². The van der Waals surface area contributed by atoms with Crippen LogP contribution in [-0.4, -0.2) is 5.97 Å². The Morgan fingerprint density at radius 1 is 1.08 bits per heavy atom. The molecule has 128 valence electrons. The highest BCUT2D eigenvalue weighted by Gasteiger charge is 2.24. The monoisotopic (exact) mass is 356 g/mol. The first-order valence-corrected chi connectivity index (χ1v) is 8.32. The number of carbonyl (C=O) groups excluding carboxylic acids is 1. The Bertz CT molecular complexity index is 960. The second-order valence-electron chi connectivity index (χ2n) is 6.05. The number of benzene rings is 2. The molecule has 1 atom stereocenters. The number of esters is 1. The first kappa shape index (κ1) is 17.2. The fourth-order valence-corrected chi connectivity index (χ4v) is 2.66. The van der Waals surface area contributed by atoms with E-state index in [1.54, 1.807) is 50.2 Å². The van der Waals surface area contributed by atoms with Crippen molar-refractivity contribution in [2.45, 2.75) is 20.0 Å². The number of hydrogen-bond acceptors (Lipinski definition) is 4. The van der Waals surface area contributed by atoms with Gasteiger partial charge < -0.3 is 9.15 Å². The molecule has 1 aromatic heterocycles. The molecule has 1 unspecified atom stereocenters. The van der Waals surface area contributed by atoms with E-state index in [4.69, 9.17) is 20.8 Å². The molecule has 4 nitrogen and oxygen atoms in total. The molecule has 0 N–H and O–H groups in total. The predicted octanol–water partition coefficient (Wildman–Crippen LogP) is 4.74. The van der Waals surface area contributed by atoms with Gasteiger partial charge in [-0.15, -0.1) is 0 Å². The zero-order chi connectivity index (χ0) is 18.0. The summed E-state index contributed by atoms with van der Waals surface area (Å²) in [5.74, 6) is -0.701. The van der Waals surface area contributed by atoms with E-state index in [0.29, 0.717) is 21.6 Å². The van der Waals surface area contributed by atoms with E-state index in [1.807, 2.05) is 18.2 Å². The number of fused-ring (bicyclic) bond motifs is 1. The number of ether oxygens (including phenoxy) is 1. The summed E-state index contributed by atoms with van der Waals surface area (Å²) >= 11 is 6.03. The molecular formula is C20H17ClO4. The summed E-state index contributed by atoms with van der Waals surface area (Å²) in [5.41, 5.74) is 0.848. The van der Waals surface area contributed by atoms with Gasteiger partial charge in [0.1, 0.15) is 5.58 Å². The summed E-state index contributed by atoms with van der Waals surface area (Å²) < 4.78 is 11.0. The molecule has 3 rings (SSSR count). The lowest BCUT2D eigenvalue weighted by atomic mass is 10.0. The Hall–Kier alpha value is -2.59. The summed E-state index contributed by atoms with van der Waals surface area (Å²) in [4.78, 5) is 24.6. The number of rotatable bonds is 4. The lowest BCUT2D eigenvalue weighted by Crippen LogP contribution is -2.21. The highest BCUT2D eigenvalue weighted by Crippen LogP contribution is 2.28. The zero-order valence-electron chi connectivity index (χ0n) is 13.9. The van der Waals surface area contributed by atoms with Crippen LogP contribution >= 0.6 is 11.6 Å². The van der Waals surface area contributed by atoms with Crippen LogP contribution in [0.15, 0.2) is 63.8 Å². The molecule has 0 fully saturated rings. The molecule has 0 aliphatic rings. The maximum absolute atomic E-state index is 12.5. The van der Waals surface area contributed by atoms with Crippen molar-refractivity contribution in [2.24, 2.45) is 5.92 Å². The Morgan fingerprint density at radius 3 is 2.48 bits per heavy atom. The topological polar surface area (TPSA) is 56.5 Å². The van der Waals surface area contributed by atoms with Gasteiger partial charge in [0.2, 0.25) is 0 Å². The molecule has 0 aliphatic heterocycles. The summed E-state index contributed by atoms with van der Waals surface area (Å²) in [6, 6.07) is 15.8. The van der Waals surface area contributed by atoms with Crippen molar-refractivity contribution >= 4 is 28.5 Å². The summed E-state index contributed by atoms with van der Waals surface area (Å²) in [6.45, 7) is 3.49. The van der Waals surface area contributed by atoms with Gasteiger partial charge in [-0.2, -0.15) is 0 Å². The number of hydrogen-bond donors (Lipinski definition) is 0. The Labute approximate surface area is 150 Å². The van der Waals surface area contributed by atoms with Gasteiger partial charge in [-0.05, 0) is 29.8 Å². The summed E-state index contributed by atoms with van der Waals surface area (Å²) in [5, 5.41) is 1.20. The van der Waals surface area contributed by atoms with Gasteiger partial charge in [-0.1, -0.05) is 55.8 Å². The number of carbonyl (C=O) groups is 1. The van der Waals surface area contributed by atoms with Gasteiger partial charge in [-0.25, -0.2) is 4.79 Å². The molecule has 0 aliphatic carbocycles. The molecule has 5 heteroatoms. The van der Waals surface area contributed by atoms with Crippen LogP contribution in [0.5, 0.6) is 0 Å². The minimum atomic E-state index is -0.837. The van der Waals surface area contributed by atoms with E-state index >= 15 is 0 Å². The van der Waals surface area contributed by atoms with Crippen LogP contribution in [0.3, 0.4) is 0 Å². The van der Waals surface area contributed by atoms with Gasteiger partial charge in [0, 0.05) is 10.4 Å². The molecule has 0 saturated carbocycles. The lowest BCUT2D eigenvalue weighted by molar-refractivity contribution is -0.151. The van der Waals surface area contributed by atoms with Crippen molar-refractivity contribution in [3.63, 3.8) is 0 Å². The largest absolute Gasteiger partial charge is 0.452 e. The van der Waals surface area contributed by atoms with Crippen LogP contribution in [0.2, 0.25) is 5.02 Å². The van der Waals surface area contributed by atoms with Crippen molar-refractivity contribution in [2.75, 3.05) is 0 Å². The Kier molecular flexibility index (Phi) is 4.91. The molecule has 2 aromatic carbocycles. The third kappa shape index (κ3) is 3.74. The van der Waals surface area contributed by atoms with Crippen LogP contribution < -0.4 is 5.63 Å². The molecule has 0 spiro atoms. The highest BCUT2D eigenvalue weighted by molar-refractivity contribution is 6.31. The van der Waals surface area contributed by atoms with Crippen LogP contribution in [0.1, 0.15) is 31.1 Å². The molecule has 0 bridgehead atoms. The standard InChI is InChI=1S/C20H17ClO4/c1-12(2)19(22)25-18(13-6-4-3-5-7-13)16-11-14-10-15(21)8-9-17(14)24-20(16)23/h3-12,18H,1-2H3. The smallest absolute Gasteiger partial charge is 0.343 e. The van der Waals surface area contributed by atoms with Gasteiger partial charge in [0.15, 0.2) is 6.10 Å². The van der Waals surface area contributed by atoms with E-state index in [2.05, 4.69) is 0 Å². The van der Waals surface area contributed by atoms with Crippen LogP contribution in [0.25, 0.3) is 11.0 Å². The fourth-order valence-electron chi connectivity index (χ4n) is 2.48. The summed E-state index contributed by atoms with van der Waals surface area (Å²) in [6.07, 6.45) is -0.837. The molecular weight excluding hydrogens is 340 g/mol. The van der Waals surface area contributed by atoms with Crippen LogP contribution in [-0.2, 0) is 9.53 Å². The quantitative estimate of drug-likeness (QED) is 0.500. The van der Waals surface area contributed by atoms with Crippen molar-refractivity contribution in [1.29, 1.82) is 0 Å². The van der Waals surface area contributed by atoms with Gasteiger partial charge >= 0.3 is 11.6 Å². The molecule has 0 amide bonds. The summed E-state index contributed by atoms with van der Waals surface area (Å²) in [7, 11) is 0. The first-order chi connectivity index (χ1) is 12.0. The van der Waals surface area contributed by atoms with Crippen LogP contribution in [0.4, 0.5) is 0 Å². The van der Waals surface area contributed by atoms with Crippen molar-refractivity contribution < 1.29 is 13.9 Å². The second-order valence-corrected chi connectivity index (χ2v) is 6.49. The minimum Gasteiger partial charge on any atom is -0.452 e. The van der Waals surface area contributed by atoms with E-state index in [0.717, 1.165) is 0 Å². The zero-order valence-corrected chi connectivity index (χ0v) is 14.6.